The first kappa shape index (κ1) is 29.3. The number of halogens is 8. The van der Waals surface area contributed by atoms with Crippen LogP contribution >= 0.6 is 23.2 Å². The number of β-amino-alcohol motifs (C(OH)–C–C–N with tert-alkyl or cyclic N) is 1. The number of oxime groups is 1. The molecular weight excluding hydrogens is 577 g/mol. The van der Waals surface area contributed by atoms with Crippen molar-refractivity contribution >= 4 is 35.0 Å². The summed E-state index contributed by atoms with van der Waals surface area (Å²) in [5.41, 5.74) is -7.39. The minimum absolute atomic E-state index is 0.0542. The smallest absolute Gasteiger partial charge is 0.435 e. The van der Waals surface area contributed by atoms with Crippen LogP contribution < -0.4 is 0 Å². The van der Waals surface area contributed by atoms with E-state index in [-0.39, 0.29) is 30.4 Å². The van der Waals surface area contributed by atoms with Crippen LogP contribution in [0.1, 0.15) is 49.4 Å². The van der Waals surface area contributed by atoms with Gasteiger partial charge in [-0.3, -0.25) is 0 Å². The van der Waals surface area contributed by atoms with Gasteiger partial charge >= 0.3 is 18.4 Å². The summed E-state index contributed by atoms with van der Waals surface area (Å²) in [4.78, 5) is 18.3. The highest BCUT2D eigenvalue weighted by Gasteiger charge is 2.63. The van der Waals surface area contributed by atoms with Crippen molar-refractivity contribution in [3.63, 3.8) is 0 Å². The number of carbonyl (C=O) groups excluding carboxylic acids is 1. The van der Waals surface area contributed by atoms with Gasteiger partial charge in [-0.05, 0) is 44.0 Å². The molecule has 0 bridgehead atoms. The van der Waals surface area contributed by atoms with Crippen LogP contribution in [0.3, 0.4) is 0 Å². The van der Waals surface area contributed by atoms with Crippen LogP contribution in [0.4, 0.5) is 31.1 Å². The molecule has 6 nitrogen and oxygen atoms in total. The summed E-state index contributed by atoms with van der Waals surface area (Å²) >= 11 is 11.4. The first-order valence-electron chi connectivity index (χ1n) is 11.5. The standard InChI is InChI=1S/C25H22Cl2F6N2O4/c1-21(2,3)38-20(36)35-11-22(37,12-35)14-6-4-13(5-7-14)18-10-23(39-34-18,25(31,32)33)15-8-16(24(28,29)30)19(27)17(26)9-15/h4-9,37H,10-12H2,1-3H3. The molecule has 2 heterocycles. The molecule has 4 rings (SSSR count). The summed E-state index contributed by atoms with van der Waals surface area (Å²) in [6.45, 7) is 5.00. The summed E-state index contributed by atoms with van der Waals surface area (Å²) in [6, 6.07) is 6.64. The first-order valence-corrected chi connectivity index (χ1v) is 12.2. The Morgan fingerprint density at radius 3 is 2.13 bits per heavy atom. The maximum atomic E-state index is 14.3. The fourth-order valence-corrected chi connectivity index (χ4v) is 4.72. The zero-order valence-corrected chi connectivity index (χ0v) is 22.2. The summed E-state index contributed by atoms with van der Waals surface area (Å²) in [5.74, 6) is 0. The third-order valence-electron chi connectivity index (χ3n) is 6.30. The van der Waals surface area contributed by atoms with Crippen LogP contribution in [-0.4, -0.2) is 46.7 Å². The Balaban J connectivity index is 1.56. The molecule has 39 heavy (non-hydrogen) atoms. The van der Waals surface area contributed by atoms with Crippen LogP contribution in [0, 0.1) is 0 Å². The van der Waals surface area contributed by atoms with Gasteiger partial charge in [-0.25, -0.2) is 4.79 Å². The van der Waals surface area contributed by atoms with Gasteiger partial charge < -0.3 is 19.6 Å². The maximum absolute atomic E-state index is 14.3. The zero-order chi connectivity index (χ0) is 29.2. The van der Waals surface area contributed by atoms with E-state index >= 15 is 0 Å². The number of carbonyl (C=O) groups is 1. The quantitative estimate of drug-likeness (QED) is 0.385. The molecule has 1 saturated heterocycles. The Morgan fingerprint density at radius 2 is 1.62 bits per heavy atom. The van der Waals surface area contributed by atoms with Crippen LogP contribution in [0.2, 0.25) is 10.0 Å². The maximum Gasteiger partial charge on any atom is 0.435 e. The van der Waals surface area contributed by atoms with E-state index in [0.717, 1.165) is 0 Å². The minimum atomic E-state index is -5.18. The van der Waals surface area contributed by atoms with E-state index in [4.69, 9.17) is 32.8 Å². The lowest BCUT2D eigenvalue weighted by Gasteiger charge is -2.46. The molecule has 14 heteroatoms. The number of likely N-dealkylation sites (tertiary alicyclic amines) is 1. The molecule has 0 aromatic heterocycles. The molecular formula is C25H22Cl2F6N2O4. The second kappa shape index (κ2) is 9.45. The van der Waals surface area contributed by atoms with Gasteiger partial charge in [0.1, 0.15) is 11.2 Å². The van der Waals surface area contributed by atoms with Gasteiger partial charge in [-0.15, -0.1) is 0 Å². The van der Waals surface area contributed by atoms with Crippen molar-refractivity contribution in [1.82, 2.24) is 4.90 Å². The molecule has 1 amide bonds. The van der Waals surface area contributed by atoms with E-state index in [1.807, 2.05) is 0 Å². The highest BCUT2D eigenvalue weighted by molar-refractivity contribution is 6.42. The average Bonchev–Trinajstić information content (AvgIpc) is 3.24. The molecule has 0 saturated carbocycles. The zero-order valence-electron chi connectivity index (χ0n) is 20.7. The molecule has 1 unspecified atom stereocenters. The third kappa shape index (κ3) is 5.51. The Kier molecular flexibility index (Phi) is 7.09. The van der Waals surface area contributed by atoms with E-state index in [2.05, 4.69) is 5.16 Å². The molecule has 2 aliphatic heterocycles. The van der Waals surface area contributed by atoms with Crippen molar-refractivity contribution in [2.24, 2.45) is 5.16 Å². The summed E-state index contributed by atoms with van der Waals surface area (Å²) in [7, 11) is 0. The molecule has 2 aliphatic rings. The molecule has 2 aromatic rings. The topological polar surface area (TPSA) is 71.4 Å². The van der Waals surface area contributed by atoms with Crippen molar-refractivity contribution in [3.8, 4) is 0 Å². The number of ether oxygens (including phenoxy) is 1. The van der Waals surface area contributed by atoms with Crippen LogP contribution in [0.25, 0.3) is 0 Å². The van der Waals surface area contributed by atoms with E-state index in [1.165, 1.54) is 29.2 Å². The highest BCUT2D eigenvalue weighted by atomic mass is 35.5. The Hall–Kier alpha value is -2.70. The monoisotopic (exact) mass is 598 g/mol. The number of benzene rings is 2. The molecule has 1 N–H and O–H groups in total. The summed E-state index contributed by atoms with van der Waals surface area (Å²) in [6.07, 6.45) is -11.8. The van der Waals surface area contributed by atoms with Crippen molar-refractivity contribution in [2.45, 2.75) is 56.3 Å². The van der Waals surface area contributed by atoms with E-state index in [0.29, 0.717) is 11.6 Å². The van der Waals surface area contributed by atoms with Crippen molar-refractivity contribution < 1.29 is 45.8 Å². The fraction of sp³-hybridized carbons (Fsp3) is 0.440. The molecule has 1 fully saturated rings. The number of nitrogens with zero attached hydrogens (tertiary/aromatic N) is 2. The minimum Gasteiger partial charge on any atom is -0.444 e. The SMILES string of the molecule is CC(C)(C)OC(=O)N1CC(O)(c2ccc(C3=NOC(c4cc(Cl)c(Cl)c(C(F)(F)F)c4)(C(F)(F)F)C3)cc2)C1. The summed E-state index contributed by atoms with van der Waals surface area (Å²) < 4.78 is 88.4. The van der Waals surface area contributed by atoms with Gasteiger partial charge in [-0.2, -0.15) is 26.3 Å². The van der Waals surface area contributed by atoms with Gasteiger partial charge in [0.2, 0.25) is 0 Å². The number of rotatable bonds is 3. The van der Waals surface area contributed by atoms with Crippen molar-refractivity contribution in [2.75, 3.05) is 13.1 Å². The molecule has 0 aliphatic carbocycles. The third-order valence-corrected chi connectivity index (χ3v) is 7.10. The first-order chi connectivity index (χ1) is 17.8. The molecule has 1 atom stereocenters. The van der Waals surface area contributed by atoms with Gasteiger partial charge in [-0.1, -0.05) is 52.6 Å². The predicted octanol–water partition coefficient (Wildman–Crippen LogP) is 7.03. The lowest BCUT2D eigenvalue weighted by Crippen LogP contribution is -2.61. The van der Waals surface area contributed by atoms with Gasteiger partial charge in [0.25, 0.3) is 5.60 Å². The van der Waals surface area contributed by atoms with Crippen molar-refractivity contribution in [1.29, 1.82) is 0 Å². The number of amides is 1. The van der Waals surface area contributed by atoms with Crippen molar-refractivity contribution in [3.05, 3.63) is 68.7 Å². The Morgan fingerprint density at radius 1 is 1.03 bits per heavy atom. The number of hydrogen-bond acceptors (Lipinski definition) is 5. The average molecular weight is 599 g/mol. The second-order valence-electron chi connectivity index (χ2n) is 10.4. The number of hydrogen-bond donors (Lipinski definition) is 1. The lowest BCUT2D eigenvalue weighted by atomic mass is 9.84. The molecule has 212 valence electrons. The Labute approximate surface area is 229 Å². The Bertz CT molecular complexity index is 1320. The van der Waals surface area contributed by atoms with Crippen LogP contribution in [0.5, 0.6) is 0 Å². The summed E-state index contributed by atoms with van der Waals surface area (Å²) in [5, 5.41) is 12.8. The highest BCUT2D eigenvalue weighted by Crippen LogP contribution is 2.51. The predicted molar refractivity (Wildman–Crippen MR) is 130 cm³/mol. The van der Waals surface area contributed by atoms with Gasteiger partial charge in [0.05, 0.1) is 34.4 Å². The normalized spacial score (nSPS) is 21.2. The second-order valence-corrected chi connectivity index (χ2v) is 11.2. The van der Waals surface area contributed by atoms with E-state index < -0.39 is 62.8 Å². The van der Waals surface area contributed by atoms with E-state index in [9.17, 15) is 36.2 Å². The molecule has 2 aromatic carbocycles. The molecule has 0 radical (unpaired) electrons. The van der Waals surface area contributed by atoms with Gasteiger partial charge in [0.15, 0.2) is 0 Å². The van der Waals surface area contributed by atoms with Gasteiger partial charge in [0, 0.05) is 12.0 Å². The lowest BCUT2D eigenvalue weighted by molar-refractivity contribution is -0.276. The fourth-order valence-electron chi connectivity index (χ4n) is 4.28. The largest absolute Gasteiger partial charge is 0.444 e. The molecule has 0 spiro atoms. The van der Waals surface area contributed by atoms with Crippen LogP contribution in [0.15, 0.2) is 41.6 Å². The number of alkyl halides is 6. The van der Waals surface area contributed by atoms with E-state index in [1.54, 1.807) is 20.8 Å². The van der Waals surface area contributed by atoms with Crippen LogP contribution in [-0.2, 0) is 27.0 Å². The number of aliphatic hydroxyl groups is 1.